The van der Waals surface area contributed by atoms with Gasteiger partial charge in [0.15, 0.2) is 5.79 Å². The first-order valence-corrected chi connectivity index (χ1v) is 7.81. The van der Waals surface area contributed by atoms with Crippen LogP contribution in [-0.4, -0.2) is 29.2 Å². The van der Waals surface area contributed by atoms with Crippen molar-refractivity contribution in [3.63, 3.8) is 0 Å². The second-order valence-corrected chi connectivity index (χ2v) is 7.44. The molecule has 3 aliphatic rings. The van der Waals surface area contributed by atoms with Gasteiger partial charge >= 0.3 is 0 Å². The maximum atomic E-state index is 6.11. The van der Waals surface area contributed by atoms with Crippen LogP contribution in [-0.2, 0) is 21.3 Å². The molecule has 1 aromatic heterocycles. The van der Waals surface area contributed by atoms with Crippen molar-refractivity contribution in [1.29, 1.82) is 0 Å². The van der Waals surface area contributed by atoms with E-state index in [0.717, 1.165) is 32.5 Å². The average Bonchev–Trinajstić information content (AvgIpc) is 3.05. The molecule has 0 amide bonds. The molecule has 0 unspecified atom stereocenters. The molecule has 20 heavy (non-hydrogen) atoms. The second kappa shape index (κ2) is 3.86. The first-order chi connectivity index (χ1) is 9.50. The molecule has 4 rings (SSSR count). The zero-order valence-corrected chi connectivity index (χ0v) is 12.7. The number of ether oxygens (including phenoxy) is 2. The molecule has 2 aliphatic carbocycles. The van der Waals surface area contributed by atoms with Gasteiger partial charge in [-0.25, -0.2) is 0 Å². The molecule has 1 N–H and O–H groups in total. The first kappa shape index (κ1) is 12.8. The number of rotatable bonds is 0. The fourth-order valence-electron chi connectivity index (χ4n) is 5.22. The highest BCUT2D eigenvalue weighted by Crippen LogP contribution is 2.62. The van der Waals surface area contributed by atoms with Crippen LogP contribution in [0.1, 0.15) is 51.3 Å². The molecule has 0 radical (unpaired) electrons. The third-order valence-corrected chi connectivity index (χ3v) is 6.31. The lowest BCUT2D eigenvalue weighted by Gasteiger charge is -2.59. The van der Waals surface area contributed by atoms with E-state index in [4.69, 9.17) is 9.47 Å². The van der Waals surface area contributed by atoms with Crippen molar-refractivity contribution in [1.82, 2.24) is 10.2 Å². The summed E-state index contributed by atoms with van der Waals surface area (Å²) in [7, 11) is 0. The number of nitrogens with zero attached hydrogens (tertiary/aromatic N) is 1. The summed E-state index contributed by atoms with van der Waals surface area (Å²) >= 11 is 0. The van der Waals surface area contributed by atoms with Crippen LogP contribution in [0.4, 0.5) is 0 Å². The monoisotopic (exact) mass is 276 g/mol. The van der Waals surface area contributed by atoms with Gasteiger partial charge in [-0.1, -0.05) is 20.8 Å². The standard InChI is InChI=1S/C16H24N2O2/c1-14(2)12-5-4-11-10-17-18-13(11)15(12,3)6-7-16(14)19-8-9-20-16/h10,12H,4-9H2,1-3H3,(H,17,18)/t12-,15-/m0/s1. The molecule has 4 heteroatoms. The van der Waals surface area contributed by atoms with Crippen LogP contribution < -0.4 is 0 Å². The van der Waals surface area contributed by atoms with Crippen LogP contribution in [0.5, 0.6) is 0 Å². The van der Waals surface area contributed by atoms with E-state index in [-0.39, 0.29) is 16.6 Å². The molecule has 1 aromatic rings. The van der Waals surface area contributed by atoms with Crippen molar-refractivity contribution in [3.05, 3.63) is 17.5 Å². The number of hydrogen-bond donors (Lipinski definition) is 1. The Balaban J connectivity index is 1.80. The van der Waals surface area contributed by atoms with Gasteiger partial charge in [0.25, 0.3) is 0 Å². The molecule has 1 saturated heterocycles. The minimum Gasteiger partial charge on any atom is -0.347 e. The van der Waals surface area contributed by atoms with Gasteiger partial charge in [-0.15, -0.1) is 0 Å². The smallest absolute Gasteiger partial charge is 0.173 e. The van der Waals surface area contributed by atoms with Crippen molar-refractivity contribution in [3.8, 4) is 0 Å². The Kier molecular flexibility index (Phi) is 2.48. The predicted molar refractivity (Wildman–Crippen MR) is 75.4 cm³/mol. The highest BCUT2D eigenvalue weighted by molar-refractivity contribution is 5.32. The summed E-state index contributed by atoms with van der Waals surface area (Å²) in [4.78, 5) is 0. The minimum atomic E-state index is -0.370. The summed E-state index contributed by atoms with van der Waals surface area (Å²) in [5.41, 5.74) is 2.86. The van der Waals surface area contributed by atoms with Gasteiger partial charge in [-0.3, -0.25) is 5.10 Å². The van der Waals surface area contributed by atoms with Gasteiger partial charge in [-0.2, -0.15) is 5.10 Å². The Labute approximate surface area is 120 Å². The molecular weight excluding hydrogens is 252 g/mol. The number of aryl methyl sites for hydroxylation is 1. The second-order valence-electron chi connectivity index (χ2n) is 7.44. The summed E-state index contributed by atoms with van der Waals surface area (Å²) in [6.45, 7) is 8.52. The highest BCUT2D eigenvalue weighted by Gasteiger charge is 2.63. The number of aromatic amines is 1. The SMILES string of the molecule is CC1(C)[C@@H]2CCc3c[nH]nc3[C@@]2(C)CCC12OCCO2. The van der Waals surface area contributed by atoms with Gasteiger partial charge < -0.3 is 9.47 Å². The van der Waals surface area contributed by atoms with Crippen LogP contribution in [0.15, 0.2) is 6.20 Å². The Morgan fingerprint density at radius 2 is 1.95 bits per heavy atom. The van der Waals surface area contributed by atoms with Gasteiger partial charge in [0.2, 0.25) is 0 Å². The van der Waals surface area contributed by atoms with Crippen molar-refractivity contribution in [2.24, 2.45) is 11.3 Å². The number of nitrogens with one attached hydrogen (secondary N) is 1. The Morgan fingerprint density at radius 3 is 2.70 bits per heavy atom. The summed E-state index contributed by atoms with van der Waals surface area (Å²) in [5, 5.41) is 7.66. The third-order valence-electron chi connectivity index (χ3n) is 6.31. The molecule has 0 aromatic carbocycles. The lowest BCUT2D eigenvalue weighted by Crippen LogP contribution is -2.61. The van der Waals surface area contributed by atoms with Crippen LogP contribution in [0.3, 0.4) is 0 Å². The summed E-state index contributed by atoms with van der Waals surface area (Å²) in [6.07, 6.45) is 6.46. The van der Waals surface area contributed by atoms with E-state index in [0.29, 0.717) is 5.92 Å². The van der Waals surface area contributed by atoms with Crippen molar-refractivity contribution in [2.75, 3.05) is 13.2 Å². The molecule has 1 spiro atoms. The van der Waals surface area contributed by atoms with E-state index < -0.39 is 0 Å². The van der Waals surface area contributed by atoms with Gasteiger partial charge in [0.1, 0.15) is 0 Å². The third kappa shape index (κ3) is 1.37. The predicted octanol–water partition coefficient (Wildman–Crippen LogP) is 2.79. The summed E-state index contributed by atoms with van der Waals surface area (Å²) in [6, 6.07) is 0. The fourth-order valence-corrected chi connectivity index (χ4v) is 5.22. The molecule has 110 valence electrons. The van der Waals surface area contributed by atoms with Crippen molar-refractivity contribution in [2.45, 2.75) is 57.7 Å². The van der Waals surface area contributed by atoms with Gasteiger partial charge in [0.05, 0.1) is 18.9 Å². The van der Waals surface area contributed by atoms with Gasteiger partial charge in [-0.05, 0) is 30.7 Å². The average molecular weight is 276 g/mol. The van der Waals surface area contributed by atoms with Crippen LogP contribution in [0.25, 0.3) is 0 Å². The van der Waals surface area contributed by atoms with E-state index in [2.05, 4.69) is 37.2 Å². The molecule has 2 atom stereocenters. The Hall–Kier alpha value is -0.870. The van der Waals surface area contributed by atoms with Gasteiger partial charge in [0, 0.05) is 23.4 Å². The lowest BCUT2D eigenvalue weighted by atomic mass is 9.49. The molecule has 0 bridgehead atoms. The normalized spacial score (nSPS) is 37.6. The Morgan fingerprint density at radius 1 is 1.20 bits per heavy atom. The van der Waals surface area contributed by atoms with E-state index in [1.165, 1.54) is 17.7 Å². The molecule has 1 saturated carbocycles. The highest BCUT2D eigenvalue weighted by atomic mass is 16.7. The topological polar surface area (TPSA) is 47.1 Å². The largest absolute Gasteiger partial charge is 0.347 e. The minimum absolute atomic E-state index is 0.0210. The van der Waals surface area contributed by atoms with Crippen LogP contribution in [0, 0.1) is 11.3 Å². The maximum Gasteiger partial charge on any atom is 0.173 e. The molecule has 4 nitrogen and oxygen atoms in total. The van der Waals surface area contributed by atoms with Crippen LogP contribution in [0.2, 0.25) is 0 Å². The zero-order valence-electron chi connectivity index (χ0n) is 12.7. The van der Waals surface area contributed by atoms with Crippen LogP contribution >= 0.6 is 0 Å². The molecular formula is C16H24N2O2. The molecule has 1 aliphatic heterocycles. The molecule has 2 fully saturated rings. The van der Waals surface area contributed by atoms with Crippen molar-refractivity contribution < 1.29 is 9.47 Å². The molecule has 2 heterocycles. The van der Waals surface area contributed by atoms with E-state index in [9.17, 15) is 0 Å². The van der Waals surface area contributed by atoms with E-state index >= 15 is 0 Å². The lowest BCUT2D eigenvalue weighted by molar-refractivity contribution is -0.276. The van der Waals surface area contributed by atoms with E-state index in [1.54, 1.807) is 0 Å². The maximum absolute atomic E-state index is 6.11. The van der Waals surface area contributed by atoms with Crippen molar-refractivity contribution >= 4 is 0 Å². The number of fused-ring (bicyclic) bond motifs is 3. The zero-order chi connectivity index (χ0) is 14.0. The summed E-state index contributed by atoms with van der Waals surface area (Å²) < 4.78 is 12.2. The summed E-state index contributed by atoms with van der Waals surface area (Å²) in [5.74, 6) is 0.183. The fraction of sp³-hybridized carbons (Fsp3) is 0.812. The number of hydrogen-bond acceptors (Lipinski definition) is 3. The number of aromatic nitrogens is 2. The Bertz CT molecular complexity index is 530. The number of H-pyrrole nitrogens is 1. The first-order valence-electron chi connectivity index (χ1n) is 7.81. The quantitative estimate of drug-likeness (QED) is 0.792. The van der Waals surface area contributed by atoms with E-state index in [1.807, 2.05) is 0 Å².